The first-order chi connectivity index (χ1) is 8.47. The van der Waals surface area contributed by atoms with Crippen molar-refractivity contribution in [2.24, 2.45) is 5.41 Å². The molecule has 1 aromatic carbocycles. The van der Waals surface area contributed by atoms with Crippen molar-refractivity contribution in [3.8, 4) is 11.3 Å². The number of hydrogen-bond acceptors (Lipinski definition) is 1. The second-order valence-electron chi connectivity index (χ2n) is 6.10. The van der Waals surface area contributed by atoms with Crippen LogP contribution in [-0.4, -0.2) is 9.55 Å². The number of aryl methyl sites for hydroxylation is 2. The Morgan fingerprint density at radius 2 is 1.89 bits per heavy atom. The lowest BCUT2D eigenvalue weighted by atomic mass is 9.92. The summed E-state index contributed by atoms with van der Waals surface area (Å²) in [5.41, 5.74) is 4.16. The van der Waals surface area contributed by atoms with Gasteiger partial charge in [0.05, 0.1) is 18.2 Å². The standard InChI is InChI=1S/C16H22N2/c1-13-7-5-6-8-14(13)15-11-17-12-18(15)10-9-16(2,3)4/h5-8,11-12H,9-10H2,1-4H3. The van der Waals surface area contributed by atoms with Crippen molar-refractivity contribution in [2.75, 3.05) is 0 Å². The predicted octanol–water partition coefficient (Wildman–Crippen LogP) is 4.29. The molecule has 1 heterocycles. The number of aromatic nitrogens is 2. The van der Waals surface area contributed by atoms with E-state index in [2.05, 4.69) is 61.5 Å². The molecule has 18 heavy (non-hydrogen) atoms. The largest absolute Gasteiger partial charge is 0.331 e. The summed E-state index contributed by atoms with van der Waals surface area (Å²) in [4.78, 5) is 4.30. The molecule has 0 fully saturated rings. The van der Waals surface area contributed by atoms with Gasteiger partial charge in [0.2, 0.25) is 0 Å². The van der Waals surface area contributed by atoms with Crippen LogP contribution >= 0.6 is 0 Å². The Labute approximate surface area is 110 Å². The van der Waals surface area contributed by atoms with E-state index in [-0.39, 0.29) is 0 Å². The minimum atomic E-state index is 0.354. The van der Waals surface area contributed by atoms with Gasteiger partial charge in [-0.15, -0.1) is 0 Å². The Kier molecular flexibility index (Phi) is 3.55. The zero-order chi connectivity index (χ0) is 13.2. The van der Waals surface area contributed by atoms with Crippen LogP contribution in [0.25, 0.3) is 11.3 Å². The SMILES string of the molecule is Cc1ccccc1-c1cncn1CCC(C)(C)C. The summed E-state index contributed by atoms with van der Waals surface area (Å²) < 4.78 is 2.26. The maximum atomic E-state index is 4.30. The van der Waals surface area contributed by atoms with Gasteiger partial charge in [-0.3, -0.25) is 0 Å². The monoisotopic (exact) mass is 242 g/mol. The molecule has 96 valence electrons. The zero-order valence-electron chi connectivity index (χ0n) is 11.8. The van der Waals surface area contributed by atoms with Gasteiger partial charge in [-0.1, -0.05) is 45.0 Å². The van der Waals surface area contributed by atoms with Crippen molar-refractivity contribution in [3.63, 3.8) is 0 Å². The van der Waals surface area contributed by atoms with E-state index >= 15 is 0 Å². The molecule has 0 N–H and O–H groups in total. The number of benzene rings is 1. The highest BCUT2D eigenvalue weighted by Crippen LogP contribution is 2.25. The fraction of sp³-hybridized carbons (Fsp3) is 0.438. The van der Waals surface area contributed by atoms with E-state index in [4.69, 9.17) is 0 Å². The van der Waals surface area contributed by atoms with Crippen LogP contribution in [0.2, 0.25) is 0 Å². The number of hydrogen-bond donors (Lipinski definition) is 0. The molecular formula is C16H22N2. The second-order valence-corrected chi connectivity index (χ2v) is 6.10. The third-order valence-electron chi connectivity index (χ3n) is 3.24. The molecule has 0 unspecified atom stereocenters. The predicted molar refractivity (Wildman–Crippen MR) is 76.5 cm³/mol. The van der Waals surface area contributed by atoms with Gasteiger partial charge in [0.15, 0.2) is 0 Å². The Bertz CT molecular complexity index is 518. The summed E-state index contributed by atoms with van der Waals surface area (Å²) in [6.07, 6.45) is 5.06. The van der Waals surface area contributed by atoms with Crippen LogP contribution in [0.5, 0.6) is 0 Å². The van der Waals surface area contributed by atoms with Gasteiger partial charge < -0.3 is 4.57 Å². The third-order valence-corrected chi connectivity index (χ3v) is 3.24. The Morgan fingerprint density at radius 3 is 2.56 bits per heavy atom. The Balaban J connectivity index is 2.26. The van der Waals surface area contributed by atoms with Crippen LogP contribution in [0.4, 0.5) is 0 Å². The smallest absolute Gasteiger partial charge is 0.0950 e. The van der Waals surface area contributed by atoms with Gasteiger partial charge in [0.25, 0.3) is 0 Å². The van der Waals surface area contributed by atoms with Crippen molar-refractivity contribution in [2.45, 2.75) is 40.7 Å². The summed E-state index contributed by atoms with van der Waals surface area (Å²) in [6, 6.07) is 8.48. The fourth-order valence-electron chi connectivity index (χ4n) is 2.04. The topological polar surface area (TPSA) is 17.8 Å². The van der Waals surface area contributed by atoms with Crippen LogP contribution in [0.1, 0.15) is 32.8 Å². The molecule has 2 aromatic rings. The van der Waals surface area contributed by atoms with Gasteiger partial charge in [0, 0.05) is 12.1 Å². The molecule has 0 amide bonds. The second kappa shape index (κ2) is 4.97. The van der Waals surface area contributed by atoms with E-state index in [1.54, 1.807) is 0 Å². The fourth-order valence-corrected chi connectivity index (χ4v) is 2.04. The zero-order valence-corrected chi connectivity index (χ0v) is 11.8. The van der Waals surface area contributed by atoms with Crippen LogP contribution in [0, 0.1) is 12.3 Å². The molecule has 0 saturated carbocycles. The van der Waals surface area contributed by atoms with Gasteiger partial charge >= 0.3 is 0 Å². The molecule has 0 bridgehead atoms. The number of nitrogens with zero attached hydrogens (tertiary/aromatic N) is 2. The van der Waals surface area contributed by atoms with Crippen LogP contribution < -0.4 is 0 Å². The van der Waals surface area contributed by atoms with Crippen molar-refractivity contribution >= 4 is 0 Å². The molecule has 0 saturated heterocycles. The van der Waals surface area contributed by atoms with Gasteiger partial charge in [-0.25, -0.2) is 4.98 Å². The molecular weight excluding hydrogens is 220 g/mol. The molecule has 2 heteroatoms. The van der Waals surface area contributed by atoms with E-state index in [1.807, 2.05) is 12.5 Å². The third kappa shape index (κ3) is 3.00. The molecule has 0 radical (unpaired) electrons. The van der Waals surface area contributed by atoms with E-state index in [0.717, 1.165) is 13.0 Å². The minimum Gasteiger partial charge on any atom is -0.331 e. The lowest BCUT2D eigenvalue weighted by Gasteiger charge is -2.19. The highest BCUT2D eigenvalue weighted by molar-refractivity contribution is 5.63. The average molecular weight is 242 g/mol. The maximum Gasteiger partial charge on any atom is 0.0950 e. The van der Waals surface area contributed by atoms with E-state index in [0.29, 0.717) is 5.41 Å². The van der Waals surface area contributed by atoms with Gasteiger partial charge in [-0.05, 0) is 24.3 Å². The summed E-state index contributed by atoms with van der Waals surface area (Å²) in [5.74, 6) is 0. The van der Waals surface area contributed by atoms with Crippen LogP contribution in [0.15, 0.2) is 36.8 Å². The van der Waals surface area contributed by atoms with Gasteiger partial charge in [-0.2, -0.15) is 0 Å². The molecule has 0 spiro atoms. The highest BCUT2D eigenvalue weighted by atomic mass is 15.0. The Morgan fingerprint density at radius 1 is 1.17 bits per heavy atom. The van der Waals surface area contributed by atoms with E-state index in [9.17, 15) is 0 Å². The lowest BCUT2D eigenvalue weighted by molar-refractivity contribution is 0.351. The van der Waals surface area contributed by atoms with Crippen LogP contribution in [-0.2, 0) is 6.54 Å². The number of rotatable bonds is 3. The van der Waals surface area contributed by atoms with E-state index in [1.165, 1.54) is 16.8 Å². The lowest BCUT2D eigenvalue weighted by Crippen LogP contribution is -2.10. The molecule has 0 aliphatic rings. The van der Waals surface area contributed by atoms with Crippen molar-refractivity contribution in [3.05, 3.63) is 42.4 Å². The van der Waals surface area contributed by atoms with E-state index < -0.39 is 0 Å². The summed E-state index contributed by atoms with van der Waals surface area (Å²) in [6.45, 7) is 10.00. The highest BCUT2D eigenvalue weighted by Gasteiger charge is 2.12. The first-order valence-electron chi connectivity index (χ1n) is 6.53. The number of imidazole rings is 1. The summed E-state index contributed by atoms with van der Waals surface area (Å²) in [5, 5.41) is 0. The maximum absolute atomic E-state index is 4.30. The molecule has 2 nitrogen and oxygen atoms in total. The molecule has 2 rings (SSSR count). The van der Waals surface area contributed by atoms with Crippen molar-refractivity contribution < 1.29 is 0 Å². The molecule has 0 aliphatic heterocycles. The first kappa shape index (κ1) is 12.9. The average Bonchev–Trinajstić information content (AvgIpc) is 2.74. The Hall–Kier alpha value is -1.57. The minimum absolute atomic E-state index is 0.354. The molecule has 0 atom stereocenters. The molecule has 1 aromatic heterocycles. The first-order valence-corrected chi connectivity index (χ1v) is 6.53. The normalized spacial score (nSPS) is 11.8. The summed E-state index contributed by atoms with van der Waals surface area (Å²) >= 11 is 0. The quantitative estimate of drug-likeness (QED) is 0.785. The summed E-state index contributed by atoms with van der Waals surface area (Å²) in [7, 11) is 0. The van der Waals surface area contributed by atoms with Crippen molar-refractivity contribution in [1.29, 1.82) is 0 Å². The van der Waals surface area contributed by atoms with Crippen molar-refractivity contribution in [1.82, 2.24) is 9.55 Å². The van der Waals surface area contributed by atoms with Crippen LogP contribution in [0.3, 0.4) is 0 Å². The molecule has 0 aliphatic carbocycles. The van der Waals surface area contributed by atoms with Gasteiger partial charge in [0.1, 0.15) is 0 Å².